The summed E-state index contributed by atoms with van der Waals surface area (Å²) < 4.78 is 0. The second-order valence-corrected chi connectivity index (χ2v) is 8.56. The van der Waals surface area contributed by atoms with E-state index >= 15 is 0 Å². The average Bonchev–Trinajstić information content (AvgIpc) is 2.96. The van der Waals surface area contributed by atoms with Gasteiger partial charge in [0.15, 0.2) is 0 Å². The number of benzodiazepines with no additional fused rings is 1. The maximum atomic E-state index is 9.48. The van der Waals surface area contributed by atoms with Crippen LogP contribution >= 0.6 is 23.4 Å². The minimum atomic E-state index is 0.579. The highest BCUT2D eigenvalue weighted by molar-refractivity contribution is 7.98. The first-order valence-corrected chi connectivity index (χ1v) is 11.3. The molecule has 0 aliphatic carbocycles. The van der Waals surface area contributed by atoms with Crippen LogP contribution in [0.5, 0.6) is 0 Å². The van der Waals surface area contributed by atoms with Gasteiger partial charge in [0, 0.05) is 35.6 Å². The maximum absolute atomic E-state index is 9.48. The van der Waals surface area contributed by atoms with Crippen molar-refractivity contribution in [1.29, 1.82) is 5.26 Å². The Labute approximate surface area is 191 Å². The molecule has 0 atom stereocenters. The van der Waals surface area contributed by atoms with E-state index in [1.807, 2.05) is 60.7 Å². The third kappa shape index (κ3) is 5.16. The van der Waals surface area contributed by atoms with E-state index in [4.69, 9.17) is 21.6 Å². The largest absolute Gasteiger partial charge is 0.372 e. The summed E-state index contributed by atoms with van der Waals surface area (Å²) in [6.45, 7) is 1.63. The summed E-state index contributed by atoms with van der Waals surface area (Å²) in [5.41, 5.74) is 5.75. The Morgan fingerprint density at radius 3 is 2.71 bits per heavy atom. The van der Waals surface area contributed by atoms with Crippen LogP contribution in [-0.4, -0.2) is 30.8 Å². The molecule has 0 radical (unpaired) electrons. The van der Waals surface area contributed by atoms with Crippen LogP contribution in [0, 0.1) is 11.3 Å². The van der Waals surface area contributed by atoms with Crippen molar-refractivity contribution in [2.24, 2.45) is 4.99 Å². The van der Waals surface area contributed by atoms with Crippen LogP contribution in [0.25, 0.3) is 6.08 Å². The number of aromatic nitrogens is 1. The minimum absolute atomic E-state index is 0.579. The first kappa shape index (κ1) is 21.2. The number of aliphatic imine (C=N–C) groups is 1. The molecule has 4 rings (SSSR count). The number of allylic oxidation sites excluding steroid dienone is 1. The van der Waals surface area contributed by atoms with Crippen LogP contribution in [0.15, 0.2) is 76.8 Å². The van der Waals surface area contributed by atoms with Crippen molar-refractivity contribution in [3.05, 3.63) is 94.1 Å². The number of para-hydroxylation sites is 1. The number of fused-ring (bicyclic) bond motifs is 1. The van der Waals surface area contributed by atoms with Gasteiger partial charge in [-0.3, -0.25) is 4.99 Å². The van der Waals surface area contributed by atoms with Gasteiger partial charge in [0.1, 0.15) is 11.1 Å². The molecule has 31 heavy (non-hydrogen) atoms. The number of halogens is 1. The summed E-state index contributed by atoms with van der Waals surface area (Å²) in [5.74, 6) is 0.721. The molecular formula is C25H21ClN4S. The second-order valence-electron chi connectivity index (χ2n) is 7.15. The summed E-state index contributed by atoms with van der Waals surface area (Å²) in [7, 11) is 2.09. The number of hydrogen-bond donors (Lipinski definition) is 0. The van der Waals surface area contributed by atoms with Crippen molar-refractivity contribution < 1.29 is 0 Å². The van der Waals surface area contributed by atoms with Crippen molar-refractivity contribution >= 4 is 40.8 Å². The third-order valence-corrected chi connectivity index (χ3v) is 6.33. The Hall–Kier alpha value is -3.07. The molecule has 0 saturated carbocycles. The van der Waals surface area contributed by atoms with Gasteiger partial charge in [0.2, 0.25) is 0 Å². The monoisotopic (exact) mass is 444 g/mol. The quantitative estimate of drug-likeness (QED) is 0.463. The Bertz CT molecular complexity index is 1180. The maximum Gasteiger partial charge on any atom is 0.115 e. The van der Waals surface area contributed by atoms with E-state index in [0.717, 1.165) is 46.4 Å². The first-order chi connectivity index (χ1) is 15.1. The number of anilines is 1. The smallest absolute Gasteiger partial charge is 0.115 e. The zero-order chi connectivity index (χ0) is 21.6. The lowest BCUT2D eigenvalue weighted by Gasteiger charge is -2.18. The van der Waals surface area contributed by atoms with Crippen LogP contribution in [-0.2, 0) is 5.75 Å². The molecule has 0 spiro atoms. The summed E-state index contributed by atoms with van der Waals surface area (Å²) in [6, 6.07) is 22.0. The van der Waals surface area contributed by atoms with Gasteiger partial charge in [-0.15, -0.1) is 11.8 Å². The highest BCUT2D eigenvalue weighted by Gasteiger charge is 2.14. The molecule has 1 aliphatic heterocycles. The van der Waals surface area contributed by atoms with Crippen LogP contribution in [0.3, 0.4) is 0 Å². The molecule has 0 saturated heterocycles. The molecule has 154 valence electrons. The number of rotatable bonds is 5. The molecule has 4 nitrogen and oxygen atoms in total. The van der Waals surface area contributed by atoms with Crippen molar-refractivity contribution in [1.82, 2.24) is 4.98 Å². The Kier molecular flexibility index (Phi) is 6.71. The predicted molar refractivity (Wildman–Crippen MR) is 130 cm³/mol. The fourth-order valence-electron chi connectivity index (χ4n) is 3.33. The van der Waals surface area contributed by atoms with Crippen molar-refractivity contribution in [2.75, 3.05) is 25.0 Å². The zero-order valence-corrected chi connectivity index (χ0v) is 18.7. The van der Waals surface area contributed by atoms with E-state index in [2.05, 4.69) is 30.1 Å². The number of nitriles is 1. The van der Waals surface area contributed by atoms with Gasteiger partial charge in [0.25, 0.3) is 0 Å². The zero-order valence-electron chi connectivity index (χ0n) is 17.1. The van der Waals surface area contributed by atoms with Crippen LogP contribution in [0.2, 0.25) is 5.02 Å². The fourth-order valence-corrected chi connectivity index (χ4v) is 4.39. The summed E-state index contributed by atoms with van der Waals surface area (Å²) in [6.07, 6.45) is 3.98. The number of nitrogens with zero attached hydrogens (tertiary/aromatic N) is 4. The van der Waals surface area contributed by atoms with E-state index in [0.29, 0.717) is 10.6 Å². The van der Waals surface area contributed by atoms with Gasteiger partial charge in [0.05, 0.1) is 23.5 Å². The first-order valence-electron chi connectivity index (χ1n) is 9.95. The summed E-state index contributed by atoms with van der Waals surface area (Å²) >= 11 is 7.51. The van der Waals surface area contributed by atoms with Gasteiger partial charge in [-0.2, -0.15) is 5.26 Å². The van der Waals surface area contributed by atoms with Gasteiger partial charge in [-0.1, -0.05) is 41.9 Å². The second kappa shape index (κ2) is 9.82. The lowest BCUT2D eigenvalue weighted by atomic mass is 10.1. The number of hydrogen-bond acceptors (Lipinski definition) is 5. The standard InChI is InChI=1S/C25H21ClN4S/c1-30-15-14-28-23(22-4-2-3-5-24(22)30)13-12-21-11-8-19(16-27)25(29-21)31-17-18-6-9-20(26)10-7-18/h2-13H,14-15,17H2,1H3. The van der Waals surface area contributed by atoms with Gasteiger partial charge in [-0.25, -0.2) is 4.98 Å². The number of benzene rings is 2. The van der Waals surface area contributed by atoms with Crippen molar-refractivity contribution in [3.63, 3.8) is 0 Å². The molecule has 3 aromatic rings. The topological polar surface area (TPSA) is 52.3 Å². The lowest BCUT2D eigenvalue weighted by Crippen LogP contribution is -2.20. The van der Waals surface area contributed by atoms with Crippen LogP contribution in [0.1, 0.15) is 22.4 Å². The molecule has 1 aromatic heterocycles. The molecule has 2 aromatic carbocycles. The molecule has 0 amide bonds. The van der Waals surface area contributed by atoms with E-state index in [1.54, 1.807) is 11.8 Å². The van der Waals surface area contributed by atoms with Gasteiger partial charge < -0.3 is 4.90 Å². The molecule has 0 N–H and O–H groups in total. The number of pyridine rings is 1. The SMILES string of the molecule is CN1CCN=C(C=Cc2ccc(C#N)c(SCc3ccc(Cl)cc3)n2)c2ccccc21. The molecule has 0 fully saturated rings. The Morgan fingerprint density at radius 1 is 1.10 bits per heavy atom. The van der Waals surface area contributed by atoms with Gasteiger partial charge >= 0.3 is 0 Å². The third-order valence-electron chi connectivity index (χ3n) is 5.01. The molecule has 1 aliphatic rings. The normalized spacial score (nSPS) is 13.5. The van der Waals surface area contributed by atoms with Crippen molar-refractivity contribution in [2.45, 2.75) is 10.8 Å². The van der Waals surface area contributed by atoms with Crippen LogP contribution < -0.4 is 4.90 Å². The molecule has 2 heterocycles. The number of thioether (sulfide) groups is 1. The summed E-state index contributed by atoms with van der Waals surface area (Å²) in [5, 5.41) is 10.9. The average molecular weight is 445 g/mol. The number of likely N-dealkylation sites (N-methyl/N-ethyl adjacent to an activating group) is 1. The Balaban J connectivity index is 1.56. The molecule has 0 unspecified atom stereocenters. The highest BCUT2D eigenvalue weighted by atomic mass is 35.5. The van der Waals surface area contributed by atoms with Crippen LogP contribution in [0.4, 0.5) is 5.69 Å². The van der Waals surface area contributed by atoms with E-state index in [1.165, 1.54) is 5.69 Å². The van der Waals surface area contributed by atoms with E-state index in [9.17, 15) is 5.26 Å². The Morgan fingerprint density at radius 2 is 1.90 bits per heavy atom. The highest BCUT2D eigenvalue weighted by Crippen LogP contribution is 2.26. The predicted octanol–water partition coefficient (Wildman–Crippen LogP) is 5.85. The molecule has 6 heteroatoms. The van der Waals surface area contributed by atoms with Gasteiger partial charge in [-0.05, 0) is 48.0 Å². The summed E-state index contributed by atoms with van der Waals surface area (Å²) in [4.78, 5) is 11.7. The van der Waals surface area contributed by atoms with E-state index < -0.39 is 0 Å². The minimum Gasteiger partial charge on any atom is -0.372 e. The molecule has 0 bridgehead atoms. The fraction of sp³-hybridized carbons (Fsp3) is 0.160. The van der Waals surface area contributed by atoms with Crippen molar-refractivity contribution in [3.8, 4) is 6.07 Å². The lowest BCUT2D eigenvalue weighted by molar-refractivity contribution is 0.897. The van der Waals surface area contributed by atoms with E-state index in [-0.39, 0.29) is 0 Å². The molecular weight excluding hydrogens is 424 g/mol.